The van der Waals surface area contributed by atoms with Crippen molar-refractivity contribution in [3.05, 3.63) is 40.5 Å². The lowest BCUT2D eigenvalue weighted by Crippen LogP contribution is -2.43. The molecule has 158 valence electrons. The average molecular weight is 422 g/mol. The molecule has 0 saturated heterocycles. The van der Waals surface area contributed by atoms with E-state index in [4.69, 9.17) is 4.74 Å². The number of hydrogen-bond donors (Lipinski definition) is 3. The van der Waals surface area contributed by atoms with Crippen LogP contribution in [-0.4, -0.2) is 41.1 Å². The number of carboxylic acid groups (broad SMARTS) is 1. The zero-order valence-electron chi connectivity index (χ0n) is 17.3. The minimum Gasteiger partial charge on any atom is -0.487 e. The van der Waals surface area contributed by atoms with Gasteiger partial charge in [-0.1, -0.05) is 0 Å². The van der Waals surface area contributed by atoms with Gasteiger partial charge in [-0.15, -0.1) is 0 Å². The van der Waals surface area contributed by atoms with Crippen molar-refractivity contribution >= 4 is 16.0 Å². The minimum atomic E-state index is -4.08. The fraction of sp³-hybridized carbons (Fsp3) is 0.500. The number of aromatic amines is 1. The van der Waals surface area contributed by atoms with E-state index in [0.717, 1.165) is 23.3 Å². The summed E-state index contributed by atoms with van der Waals surface area (Å²) in [7, 11) is -4.08. The van der Waals surface area contributed by atoms with Crippen LogP contribution in [0.5, 0.6) is 5.75 Å². The fourth-order valence-electron chi connectivity index (χ4n) is 3.79. The number of sulfonamides is 1. The van der Waals surface area contributed by atoms with Crippen molar-refractivity contribution < 1.29 is 23.1 Å². The Morgan fingerprint density at radius 3 is 2.59 bits per heavy atom. The third kappa shape index (κ3) is 4.16. The summed E-state index contributed by atoms with van der Waals surface area (Å²) in [6, 6.07) is -1.33. The van der Waals surface area contributed by atoms with Crippen molar-refractivity contribution in [2.45, 2.75) is 70.4 Å². The number of carboxylic acids is 1. The molecule has 8 nitrogen and oxygen atoms in total. The molecular weight excluding hydrogens is 394 g/mol. The van der Waals surface area contributed by atoms with Crippen LogP contribution in [0.15, 0.2) is 17.4 Å². The summed E-state index contributed by atoms with van der Waals surface area (Å²) in [6.07, 6.45) is 4.38. The van der Waals surface area contributed by atoms with Crippen molar-refractivity contribution in [2.75, 3.05) is 0 Å². The number of fused-ring (bicyclic) bond motifs is 1. The van der Waals surface area contributed by atoms with Gasteiger partial charge in [-0.2, -0.15) is 4.72 Å². The number of carbonyl (C=O) groups is 1. The van der Waals surface area contributed by atoms with Gasteiger partial charge in [-0.3, -0.25) is 4.79 Å². The first kappa shape index (κ1) is 21.3. The number of aromatic nitrogens is 2. The van der Waals surface area contributed by atoms with Crippen LogP contribution in [0.4, 0.5) is 0 Å². The Bertz CT molecular complexity index is 1040. The number of imidazole rings is 1. The third-order valence-corrected chi connectivity index (χ3v) is 7.24. The normalized spacial score (nSPS) is 16.7. The number of nitrogens with one attached hydrogen (secondary N) is 2. The summed E-state index contributed by atoms with van der Waals surface area (Å²) in [5.74, 6) is -0.520. The summed E-state index contributed by atoms with van der Waals surface area (Å²) in [6.45, 7) is 9.35. The monoisotopic (exact) mass is 421 g/mol. The van der Waals surface area contributed by atoms with Crippen LogP contribution in [0.3, 0.4) is 0 Å². The SMILES string of the molecule is Cc1c(C)c(S(=O)(=O)N[C@@H](Cc2c[nH]cn2)C(=O)O)c(C)c2c1OC(C)(C)CC2. The van der Waals surface area contributed by atoms with Crippen molar-refractivity contribution in [1.29, 1.82) is 0 Å². The number of ether oxygens (including phenoxy) is 1. The summed E-state index contributed by atoms with van der Waals surface area (Å²) < 4.78 is 35.0. The third-order valence-electron chi connectivity index (χ3n) is 5.50. The van der Waals surface area contributed by atoms with Gasteiger partial charge in [-0.25, -0.2) is 13.4 Å². The standard InChI is InChI=1S/C20H27N3O5S/c1-11-12(2)18(13(3)15-6-7-20(4,5)28-17(11)15)29(26,27)23-16(19(24)25)8-14-9-21-10-22-14/h9-10,16,23H,6-8H2,1-5H3,(H,21,22)(H,24,25)/t16-/m0/s1. The van der Waals surface area contributed by atoms with Crippen LogP contribution in [0.1, 0.15) is 48.2 Å². The maximum absolute atomic E-state index is 13.2. The molecule has 1 atom stereocenters. The lowest BCUT2D eigenvalue weighted by atomic mass is 9.88. The number of hydrogen-bond acceptors (Lipinski definition) is 5. The molecule has 1 aliphatic heterocycles. The largest absolute Gasteiger partial charge is 0.487 e. The lowest BCUT2D eigenvalue weighted by molar-refractivity contribution is -0.138. The van der Waals surface area contributed by atoms with E-state index in [1.54, 1.807) is 20.0 Å². The van der Waals surface area contributed by atoms with Crippen LogP contribution in [0.25, 0.3) is 0 Å². The molecule has 0 fully saturated rings. The first-order chi connectivity index (χ1) is 13.4. The Balaban J connectivity index is 2.02. The molecule has 3 rings (SSSR count). The fourth-order valence-corrected chi connectivity index (χ4v) is 5.55. The van der Waals surface area contributed by atoms with E-state index in [-0.39, 0.29) is 16.9 Å². The lowest BCUT2D eigenvalue weighted by Gasteiger charge is -2.35. The predicted octanol–water partition coefficient (Wildman–Crippen LogP) is 2.41. The van der Waals surface area contributed by atoms with E-state index in [1.807, 2.05) is 20.8 Å². The second-order valence-corrected chi connectivity index (χ2v) is 9.80. The first-order valence-corrected chi connectivity index (χ1v) is 11.0. The molecule has 29 heavy (non-hydrogen) atoms. The molecule has 1 aliphatic rings. The number of aliphatic carboxylic acids is 1. The first-order valence-electron chi connectivity index (χ1n) is 9.47. The highest BCUT2D eigenvalue weighted by Crippen LogP contribution is 2.42. The number of H-pyrrole nitrogens is 1. The quantitative estimate of drug-likeness (QED) is 0.659. The molecule has 2 heterocycles. The van der Waals surface area contributed by atoms with Gasteiger partial charge in [0.15, 0.2) is 0 Å². The Labute approximate surface area is 170 Å². The molecule has 9 heteroatoms. The highest BCUT2D eigenvalue weighted by molar-refractivity contribution is 7.89. The minimum absolute atomic E-state index is 0.0582. The molecule has 2 aromatic rings. The van der Waals surface area contributed by atoms with Crippen LogP contribution in [-0.2, 0) is 27.7 Å². The zero-order chi connectivity index (χ0) is 21.6. The van der Waals surface area contributed by atoms with Crippen LogP contribution in [0, 0.1) is 20.8 Å². The topological polar surface area (TPSA) is 121 Å². The number of rotatable bonds is 6. The maximum Gasteiger partial charge on any atom is 0.322 e. The molecule has 0 bridgehead atoms. The molecule has 0 radical (unpaired) electrons. The zero-order valence-corrected chi connectivity index (χ0v) is 18.1. The highest BCUT2D eigenvalue weighted by atomic mass is 32.2. The molecule has 3 N–H and O–H groups in total. The van der Waals surface area contributed by atoms with Gasteiger partial charge in [0.25, 0.3) is 0 Å². The van der Waals surface area contributed by atoms with Gasteiger partial charge >= 0.3 is 5.97 Å². The molecule has 0 spiro atoms. The van der Waals surface area contributed by atoms with E-state index in [9.17, 15) is 18.3 Å². The van der Waals surface area contributed by atoms with Gasteiger partial charge in [0, 0.05) is 12.6 Å². The van der Waals surface area contributed by atoms with Gasteiger partial charge < -0.3 is 14.8 Å². The maximum atomic E-state index is 13.2. The van der Waals surface area contributed by atoms with Gasteiger partial charge in [0.05, 0.1) is 16.9 Å². The summed E-state index contributed by atoms with van der Waals surface area (Å²) in [5.41, 5.74) is 2.95. The van der Waals surface area contributed by atoms with E-state index in [2.05, 4.69) is 14.7 Å². The van der Waals surface area contributed by atoms with Crippen molar-refractivity contribution in [2.24, 2.45) is 0 Å². The van der Waals surface area contributed by atoms with E-state index >= 15 is 0 Å². The molecule has 1 aromatic carbocycles. The predicted molar refractivity (Wildman–Crippen MR) is 108 cm³/mol. The van der Waals surface area contributed by atoms with Crippen LogP contribution in [0.2, 0.25) is 0 Å². The van der Waals surface area contributed by atoms with Gasteiger partial charge in [-0.05, 0) is 69.7 Å². The average Bonchev–Trinajstić information content (AvgIpc) is 3.11. The Morgan fingerprint density at radius 1 is 1.31 bits per heavy atom. The van der Waals surface area contributed by atoms with E-state index in [1.165, 1.54) is 6.33 Å². The van der Waals surface area contributed by atoms with E-state index < -0.39 is 22.0 Å². The molecule has 0 unspecified atom stereocenters. The van der Waals surface area contributed by atoms with Crippen LogP contribution >= 0.6 is 0 Å². The van der Waals surface area contributed by atoms with Crippen LogP contribution < -0.4 is 9.46 Å². The van der Waals surface area contributed by atoms with Crippen molar-refractivity contribution in [3.8, 4) is 5.75 Å². The molecule has 0 saturated carbocycles. The summed E-state index contributed by atoms with van der Waals surface area (Å²) in [5, 5.41) is 9.54. The summed E-state index contributed by atoms with van der Waals surface area (Å²) >= 11 is 0. The van der Waals surface area contributed by atoms with Gasteiger partial charge in [0.2, 0.25) is 10.0 Å². The Hall–Kier alpha value is -2.39. The smallest absolute Gasteiger partial charge is 0.322 e. The molecule has 0 aliphatic carbocycles. The van der Waals surface area contributed by atoms with Crippen molar-refractivity contribution in [1.82, 2.24) is 14.7 Å². The Kier molecular flexibility index (Phi) is 5.48. The van der Waals surface area contributed by atoms with Gasteiger partial charge in [0.1, 0.15) is 17.4 Å². The molecule has 0 amide bonds. The Morgan fingerprint density at radius 2 is 2.00 bits per heavy atom. The number of benzene rings is 1. The second kappa shape index (κ2) is 7.46. The molecule has 1 aromatic heterocycles. The van der Waals surface area contributed by atoms with Crippen molar-refractivity contribution in [3.63, 3.8) is 0 Å². The molecular formula is C20H27N3O5S. The highest BCUT2D eigenvalue weighted by Gasteiger charge is 2.35. The second-order valence-electron chi connectivity index (χ2n) is 8.15. The number of nitrogens with zero attached hydrogens (tertiary/aromatic N) is 1. The summed E-state index contributed by atoms with van der Waals surface area (Å²) in [4.78, 5) is 18.6. The van der Waals surface area contributed by atoms with E-state index in [0.29, 0.717) is 23.2 Å².